The van der Waals surface area contributed by atoms with Crippen molar-refractivity contribution in [2.24, 2.45) is 0 Å². The summed E-state index contributed by atoms with van der Waals surface area (Å²) in [5.41, 5.74) is 0. The molecule has 0 saturated carbocycles. The molecule has 0 aliphatic rings. The lowest BCUT2D eigenvalue weighted by atomic mass is 10.4. The molecule has 0 aromatic carbocycles. The summed E-state index contributed by atoms with van der Waals surface area (Å²) < 4.78 is 37.3. The molecule has 0 radical (unpaired) electrons. The molecule has 7 nitrogen and oxygen atoms in total. The Labute approximate surface area is 127 Å². The lowest BCUT2D eigenvalue weighted by Gasteiger charge is -2.17. The molecule has 120 valence electrons. The van der Waals surface area contributed by atoms with Gasteiger partial charge in [-0.25, -0.2) is 17.9 Å². The number of carbonyl (C=O) groups is 1. The monoisotopic (exact) mass is 337 g/mol. The fraction of sp³-hybridized carbons (Fsp3) is 0.583. The van der Waals surface area contributed by atoms with Crippen molar-refractivity contribution in [2.45, 2.75) is 32.0 Å². The molecule has 9 heteroatoms. The summed E-state index contributed by atoms with van der Waals surface area (Å²) >= 11 is 0.923. The van der Waals surface area contributed by atoms with E-state index in [2.05, 4.69) is 4.72 Å². The van der Waals surface area contributed by atoms with Gasteiger partial charge in [0.15, 0.2) is 6.29 Å². The van der Waals surface area contributed by atoms with Gasteiger partial charge in [0.1, 0.15) is 4.88 Å². The number of carboxylic acids is 1. The number of aromatic carboxylic acids is 1. The smallest absolute Gasteiger partial charge is 0.345 e. The van der Waals surface area contributed by atoms with Crippen LogP contribution in [0.4, 0.5) is 0 Å². The van der Waals surface area contributed by atoms with Crippen LogP contribution in [0.5, 0.6) is 0 Å². The van der Waals surface area contributed by atoms with Crippen molar-refractivity contribution in [3.8, 4) is 0 Å². The van der Waals surface area contributed by atoms with E-state index < -0.39 is 22.3 Å². The molecule has 0 aliphatic heterocycles. The highest BCUT2D eigenvalue weighted by atomic mass is 32.2. The van der Waals surface area contributed by atoms with Gasteiger partial charge in [-0.3, -0.25) is 0 Å². The Kier molecular flexibility index (Phi) is 6.75. The van der Waals surface area contributed by atoms with E-state index >= 15 is 0 Å². The number of ether oxygens (including phenoxy) is 2. The molecular formula is C12H19NO6S2. The Hall–Kier alpha value is -1.00. The summed E-state index contributed by atoms with van der Waals surface area (Å²) in [6.45, 7) is 5.88. The molecule has 0 atom stereocenters. The van der Waals surface area contributed by atoms with Crippen LogP contribution in [0.2, 0.25) is 0 Å². The Bertz CT molecular complexity index is 575. The van der Waals surface area contributed by atoms with Crippen molar-refractivity contribution in [3.05, 3.63) is 15.8 Å². The van der Waals surface area contributed by atoms with Crippen LogP contribution in [-0.2, 0) is 19.5 Å². The third kappa shape index (κ3) is 5.04. The molecule has 0 saturated heterocycles. The Morgan fingerprint density at radius 3 is 2.38 bits per heavy atom. The highest BCUT2D eigenvalue weighted by Crippen LogP contribution is 2.25. The molecule has 0 spiro atoms. The minimum Gasteiger partial charge on any atom is -0.477 e. The van der Waals surface area contributed by atoms with E-state index in [1.54, 1.807) is 20.8 Å². The number of aryl methyl sites for hydroxylation is 1. The van der Waals surface area contributed by atoms with Crippen LogP contribution < -0.4 is 4.72 Å². The van der Waals surface area contributed by atoms with Crippen molar-refractivity contribution < 1.29 is 27.8 Å². The van der Waals surface area contributed by atoms with Crippen LogP contribution in [0.1, 0.15) is 28.4 Å². The zero-order valence-corrected chi connectivity index (χ0v) is 13.7. The first-order valence-corrected chi connectivity index (χ1v) is 8.68. The fourth-order valence-electron chi connectivity index (χ4n) is 1.63. The SMILES string of the molecule is CCOC(CNS(=O)(=O)c1cc(C(=O)O)sc1C)OCC. The summed E-state index contributed by atoms with van der Waals surface area (Å²) in [7, 11) is -3.80. The molecule has 0 fully saturated rings. The number of nitrogens with one attached hydrogen (secondary N) is 1. The lowest BCUT2D eigenvalue weighted by Crippen LogP contribution is -2.35. The topological polar surface area (TPSA) is 102 Å². The Morgan fingerprint density at radius 2 is 1.95 bits per heavy atom. The van der Waals surface area contributed by atoms with Crippen LogP contribution >= 0.6 is 11.3 Å². The van der Waals surface area contributed by atoms with Gasteiger partial charge in [0, 0.05) is 18.1 Å². The Morgan fingerprint density at radius 1 is 1.38 bits per heavy atom. The third-order valence-electron chi connectivity index (χ3n) is 2.52. The van der Waals surface area contributed by atoms with E-state index in [9.17, 15) is 13.2 Å². The lowest BCUT2D eigenvalue weighted by molar-refractivity contribution is -0.130. The van der Waals surface area contributed by atoms with Gasteiger partial charge < -0.3 is 14.6 Å². The summed E-state index contributed by atoms with van der Waals surface area (Å²) in [5.74, 6) is -1.15. The normalized spacial score (nSPS) is 12.0. The van der Waals surface area contributed by atoms with Crippen LogP contribution in [0.25, 0.3) is 0 Å². The first-order chi connectivity index (χ1) is 9.81. The second-order valence-corrected chi connectivity index (χ2v) is 7.02. The van der Waals surface area contributed by atoms with Gasteiger partial charge >= 0.3 is 5.97 Å². The second-order valence-electron chi connectivity index (χ2n) is 4.03. The van der Waals surface area contributed by atoms with Gasteiger partial charge in [-0.1, -0.05) is 0 Å². The van der Waals surface area contributed by atoms with Crippen molar-refractivity contribution in [1.29, 1.82) is 0 Å². The van der Waals surface area contributed by atoms with Crippen LogP contribution in [0, 0.1) is 6.92 Å². The van der Waals surface area contributed by atoms with Crippen molar-refractivity contribution in [3.63, 3.8) is 0 Å². The summed E-state index contributed by atoms with van der Waals surface area (Å²) in [4.78, 5) is 11.3. The van der Waals surface area contributed by atoms with E-state index in [1.165, 1.54) is 0 Å². The summed E-state index contributed by atoms with van der Waals surface area (Å²) in [6.07, 6.45) is -0.673. The predicted molar refractivity (Wildman–Crippen MR) is 78.2 cm³/mol. The first kappa shape index (κ1) is 18.1. The van der Waals surface area contributed by atoms with Crippen LogP contribution in [0.15, 0.2) is 11.0 Å². The van der Waals surface area contributed by atoms with Gasteiger partial charge in [-0.2, -0.15) is 0 Å². The van der Waals surface area contributed by atoms with E-state index in [1.807, 2.05) is 0 Å². The molecular weight excluding hydrogens is 318 g/mol. The summed E-state index contributed by atoms with van der Waals surface area (Å²) in [5, 5.41) is 8.90. The number of sulfonamides is 1. The zero-order valence-electron chi connectivity index (χ0n) is 12.1. The quantitative estimate of drug-likeness (QED) is 0.661. The highest BCUT2D eigenvalue weighted by molar-refractivity contribution is 7.89. The van der Waals surface area contributed by atoms with Gasteiger partial charge in [0.05, 0.1) is 11.4 Å². The standard InChI is InChI=1S/C12H19NO6S2/c1-4-18-11(19-5-2)7-13-21(16,17)10-6-9(12(14)15)20-8(10)3/h6,11,13H,4-5,7H2,1-3H3,(H,14,15). The van der Waals surface area contributed by atoms with E-state index in [-0.39, 0.29) is 16.3 Å². The van der Waals surface area contributed by atoms with Gasteiger partial charge in [-0.15, -0.1) is 11.3 Å². The number of rotatable bonds is 9. The van der Waals surface area contributed by atoms with Gasteiger partial charge in [0.25, 0.3) is 0 Å². The maximum absolute atomic E-state index is 12.2. The molecule has 0 bridgehead atoms. The minimum atomic E-state index is -3.80. The number of hydrogen-bond acceptors (Lipinski definition) is 6. The van der Waals surface area contributed by atoms with E-state index in [4.69, 9.17) is 14.6 Å². The molecule has 21 heavy (non-hydrogen) atoms. The summed E-state index contributed by atoms with van der Waals surface area (Å²) in [6, 6.07) is 1.15. The van der Waals surface area contributed by atoms with Crippen molar-refractivity contribution >= 4 is 27.3 Å². The van der Waals surface area contributed by atoms with Gasteiger partial charge in [0.2, 0.25) is 10.0 Å². The van der Waals surface area contributed by atoms with Crippen LogP contribution in [0.3, 0.4) is 0 Å². The maximum Gasteiger partial charge on any atom is 0.345 e. The largest absolute Gasteiger partial charge is 0.477 e. The molecule has 2 N–H and O–H groups in total. The van der Waals surface area contributed by atoms with E-state index in [0.717, 1.165) is 17.4 Å². The fourth-order valence-corrected chi connectivity index (χ4v) is 4.08. The van der Waals surface area contributed by atoms with E-state index in [0.29, 0.717) is 18.1 Å². The third-order valence-corrected chi connectivity index (χ3v) is 5.24. The average Bonchev–Trinajstić information content (AvgIpc) is 2.80. The van der Waals surface area contributed by atoms with Gasteiger partial charge in [-0.05, 0) is 26.8 Å². The van der Waals surface area contributed by atoms with Crippen molar-refractivity contribution in [2.75, 3.05) is 19.8 Å². The minimum absolute atomic E-state index is 0.0148. The number of hydrogen-bond donors (Lipinski definition) is 2. The Balaban J connectivity index is 2.83. The number of carboxylic acid groups (broad SMARTS) is 1. The molecule has 0 unspecified atom stereocenters. The maximum atomic E-state index is 12.2. The van der Waals surface area contributed by atoms with Crippen LogP contribution in [-0.4, -0.2) is 45.5 Å². The average molecular weight is 337 g/mol. The molecule has 0 amide bonds. The molecule has 1 rings (SSSR count). The predicted octanol–water partition coefficient (Wildman–Crippen LogP) is 1.43. The first-order valence-electron chi connectivity index (χ1n) is 6.38. The molecule has 1 aromatic heterocycles. The van der Waals surface area contributed by atoms with Crippen molar-refractivity contribution in [1.82, 2.24) is 4.72 Å². The zero-order chi connectivity index (χ0) is 16.0. The second kappa shape index (κ2) is 7.85. The molecule has 1 aromatic rings. The highest BCUT2D eigenvalue weighted by Gasteiger charge is 2.23. The number of thiophene rings is 1. The molecule has 0 aliphatic carbocycles. The molecule has 1 heterocycles.